The Kier molecular flexibility index (Phi) is 4.85. The molecular formula is C19H24O4. The van der Waals surface area contributed by atoms with Crippen LogP contribution in [0.4, 0.5) is 0 Å². The topological polar surface area (TPSA) is 47.9 Å². The van der Waals surface area contributed by atoms with E-state index < -0.39 is 5.60 Å². The smallest absolute Gasteiger partial charge is 0.134 e. The van der Waals surface area contributed by atoms with Crippen molar-refractivity contribution in [3.05, 3.63) is 41.5 Å². The van der Waals surface area contributed by atoms with Crippen molar-refractivity contribution < 1.29 is 19.3 Å². The molecule has 2 aromatic carbocycles. The molecule has 0 spiro atoms. The van der Waals surface area contributed by atoms with E-state index in [2.05, 4.69) is 0 Å². The van der Waals surface area contributed by atoms with Crippen molar-refractivity contribution in [2.75, 3.05) is 21.3 Å². The molecule has 0 aliphatic rings. The third-order valence-electron chi connectivity index (χ3n) is 3.82. The van der Waals surface area contributed by atoms with Gasteiger partial charge in [-0.2, -0.15) is 0 Å². The Balaban J connectivity index is 2.83. The molecule has 0 unspecified atom stereocenters. The van der Waals surface area contributed by atoms with Crippen LogP contribution in [0.3, 0.4) is 0 Å². The summed E-state index contributed by atoms with van der Waals surface area (Å²) in [5, 5.41) is 10.5. The molecule has 0 fully saturated rings. The van der Waals surface area contributed by atoms with Gasteiger partial charge in [0.15, 0.2) is 0 Å². The van der Waals surface area contributed by atoms with Gasteiger partial charge in [-0.1, -0.05) is 23.8 Å². The molecule has 0 radical (unpaired) electrons. The zero-order valence-electron chi connectivity index (χ0n) is 14.6. The summed E-state index contributed by atoms with van der Waals surface area (Å²) in [7, 11) is 4.82. The third kappa shape index (κ3) is 3.42. The Bertz CT molecular complexity index is 674. The molecule has 0 saturated carbocycles. The average Bonchev–Trinajstić information content (AvgIpc) is 2.52. The van der Waals surface area contributed by atoms with Crippen LogP contribution < -0.4 is 14.2 Å². The van der Waals surface area contributed by atoms with E-state index in [1.54, 1.807) is 35.2 Å². The molecule has 0 aromatic heterocycles. The summed E-state index contributed by atoms with van der Waals surface area (Å²) in [6.45, 7) is 5.55. The van der Waals surface area contributed by atoms with Gasteiger partial charge in [0.25, 0.3) is 0 Å². The quantitative estimate of drug-likeness (QED) is 0.849. The molecule has 1 N–H and O–H groups in total. The maximum Gasteiger partial charge on any atom is 0.134 e. The lowest BCUT2D eigenvalue weighted by Gasteiger charge is -2.24. The SMILES string of the molecule is COc1cc(OC)c(-c2cc(C)ccc2C([13CH3])([13CH3])O)c(OC)c1. The van der Waals surface area contributed by atoms with Crippen molar-refractivity contribution in [1.82, 2.24) is 0 Å². The molecule has 2 aromatic rings. The first-order chi connectivity index (χ1) is 10.8. The predicted octanol–water partition coefficient (Wildman–Crippen LogP) is 3.92. The largest absolute Gasteiger partial charge is 0.496 e. The van der Waals surface area contributed by atoms with Gasteiger partial charge in [0.1, 0.15) is 17.2 Å². The Morgan fingerprint density at radius 3 is 1.87 bits per heavy atom. The molecule has 0 heterocycles. The summed E-state index contributed by atoms with van der Waals surface area (Å²) >= 11 is 0. The van der Waals surface area contributed by atoms with Gasteiger partial charge in [0.2, 0.25) is 0 Å². The van der Waals surface area contributed by atoms with E-state index in [-0.39, 0.29) is 0 Å². The highest BCUT2D eigenvalue weighted by Gasteiger charge is 2.25. The second-order valence-electron chi connectivity index (χ2n) is 6.01. The zero-order valence-corrected chi connectivity index (χ0v) is 14.6. The number of ether oxygens (including phenoxy) is 3. The van der Waals surface area contributed by atoms with Gasteiger partial charge in [-0.3, -0.25) is 0 Å². The van der Waals surface area contributed by atoms with Gasteiger partial charge in [0.05, 0.1) is 32.5 Å². The molecule has 0 bridgehead atoms. The minimum Gasteiger partial charge on any atom is -0.496 e. The number of aryl methyl sites for hydroxylation is 1. The lowest BCUT2D eigenvalue weighted by atomic mass is 9.92. The van der Waals surface area contributed by atoms with Crippen LogP contribution in [0.1, 0.15) is 25.0 Å². The second-order valence-corrected chi connectivity index (χ2v) is 6.01. The van der Waals surface area contributed by atoms with E-state index in [9.17, 15) is 5.11 Å². The number of methoxy groups -OCH3 is 3. The summed E-state index contributed by atoms with van der Waals surface area (Å²) in [4.78, 5) is 0. The predicted molar refractivity (Wildman–Crippen MR) is 91.5 cm³/mol. The Morgan fingerprint density at radius 2 is 1.43 bits per heavy atom. The maximum absolute atomic E-state index is 10.5. The van der Waals surface area contributed by atoms with Gasteiger partial charge in [-0.15, -0.1) is 0 Å². The standard InChI is InChI=1S/C19H24O4/c1-12-7-8-15(19(2,3)20)14(9-12)18-16(22-5)10-13(21-4)11-17(18)23-6/h7-11,20H,1-6H3/i2+1,3+1. The highest BCUT2D eigenvalue weighted by molar-refractivity contribution is 5.81. The van der Waals surface area contributed by atoms with E-state index in [1.807, 2.05) is 37.3 Å². The fourth-order valence-corrected chi connectivity index (χ4v) is 2.67. The third-order valence-corrected chi connectivity index (χ3v) is 3.82. The number of benzene rings is 2. The summed E-state index contributed by atoms with van der Waals surface area (Å²) in [6.07, 6.45) is 0. The van der Waals surface area contributed by atoms with Crippen molar-refractivity contribution in [3.63, 3.8) is 0 Å². The molecule has 0 atom stereocenters. The van der Waals surface area contributed by atoms with Crippen molar-refractivity contribution in [3.8, 4) is 28.4 Å². The molecular weight excluding hydrogens is 294 g/mol. The van der Waals surface area contributed by atoms with E-state index in [0.29, 0.717) is 17.2 Å². The molecule has 0 amide bonds. The maximum atomic E-state index is 10.5. The monoisotopic (exact) mass is 318 g/mol. The van der Waals surface area contributed by atoms with E-state index in [0.717, 1.165) is 22.3 Å². The fourth-order valence-electron chi connectivity index (χ4n) is 2.67. The molecule has 4 heteroatoms. The molecule has 2 rings (SSSR count). The zero-order chi connectivity index (χ0) is 17.2. The van der Waals surface area contributed by atoms with Crippen LogP contribution >= 0.6 is 0 Å². The lowest BCUT2D eigenvalue weighted by molar-refractivity contribution is 0.0792. The lowest BCUT2D eigenvalue weighted by Crippen LogP contribution is -2.17. The molecule has 0 aliphatic heterocycles. The summed E-state index contributed by atoms with van der Waals surface area (Å²) < 4.78 is 16.4. The molecule has 23 heavy (non-hydrogen) atoms. The number of rotatable bonds is 5. The van der Waals surface area contributed by atoms with Crippen LogP contribution in [0.5, 0.6) is 17.2 Å². The molecule has 124 valence electrons. The van der Waals surface area contributed by atoms with Crippen LogP contribution in [-0.4, -0.2) is 26.4 Å². The first-order valence-electron chi connectivity index (χ1n) is 7.45. The van der Waals surface area contributed by atoms with Crippen LogP contribution in [0.15, 0.2) is 30.3 Å². The summed E-state index contributed by atoms with van der Waals surface area (Å²) in [5.41, 5.74) is 2.60. The minimum absolute atomic E-state index is 0.636. The van der Waals surface area contributed by atoms with Crippen molar-refractivity contribution in [2.24, 2.45) is 0 Å². The van der Waals surface area contributed by atoms with Crippen LogP contribution in [0.2, 0.25) is 0 Å². The van der Waals surface area contributed by atoms with Crippen LogP contribution in [-0.2, 0) is 5.60 Å². The summed E-state index contributed by atoms with van der Waals surface area (Å²) in [6, 6.07) is 9.58. The number of hydrogen-bond acceptors (Lipinski definition) is 4. The Hall–Kier alpha value is -2.20. The van der Waals surface area contributed by atoms with Gasteiger partial charge >= 0.3 is 0 Å². The van der Waals surface area contributed by atoms with E-state index in [4.69, 9.17) is 14.2 Å². The van der Waals surface area contributed by atoms with Crippen LogP contribution in [0.25, 0.3) is 11.1 Å². The average molecular weight is 318 g/mol. The minimum atomic E-state index is -0.987. The van der Waals surface area contributed by atoms with Gasteiger partial charge in [-0.25, -0.2) is 0 Å². The normalized spacial score (nSPS) is 11.3. The fraction of sp³-hybridized carbons (Fsp3) is 0.368. The Labute approximate surface area is 137 Å². The van der Waals surface area contributed by atoms with Crippen molar-refractivity contribution in [2.45, 2.75) is 26.4 Å². The number of hydrogen-bond donors (Lipinski definition) is 1. The van der Waals surface area contributed by atoms with E-state index >= 15 is 0 Å². The van der Waals surface area contributed by atoms with Crippen LogP contribution in [0, 0.1) is 6.92 Å². The molecule has 0 aliphatic carbocycles. The van der Waals surface area contributed by atoms with E-state index in [1.165, 1.54) is 0 Å². The molecule has 4 nitrogen and oxygen atoms in total. The molecule has 0 saturated heterocycles. The highest BCUT2D eigenvalue weighted by Crippen LogP contribution is 2.45. The van der Waals surface area contributed by atoms with Gasteiger partial charge in [-0.05, 0) is 31.9 Å². The van der Waals surface area contributed by atoms with Gasteiger partial charge in [0, 0.05) is 12.1 Å². The van der Waals surface area contributed by atoms with Gasteiger partial charge < -0.3 is 19.3 Å². The van der Waals surface area contributed by atoms with Crippen molar-refractivity contribution >= 4 is 0 Å². The van der Waals surface area contributed by atoms with Crippen molar-refractivity contribution in [1.29, 1.82) is 0 Å². The first-order valence-corrected chi connectivity index (χ1v) is 7.45. The second kappa shape index (κ2) is 6.50. The number of aliphatic hydroxyl groups is 1. The first kappa shape index (κ1) is 17.2. The highest BCUT2D eigenvalue weighted by atomic mass is 16.5. The summed E-state index contributed by atoms with van der Waals surface area (Å²) in [5.74, 6) is 1.93. The Morgan fingerprint density at radius 1 is 0.870 bits per heavy atom.